The molecule has 17 heavy (non-hydrogen) atoms. The van der Waals surface area contributed by atoms with Gasteiger partial charge in [-0.3, -0.25) is 4.90 Å². The van der Waals surface area contributed by atoms with Crippen molar-refractivity contribution in [3.05, 3.63) is 11.6 Å². The van der Waals surface area contributed by atoms with Crippen LogP contribution in [0.5, 0.6) is 0 Å². The van der Waals surface area contributed by atoms with E-state index < -0.39 is 0 Å². The van der Waals surface area contributed by atoms with Crippen LogP contribution in [0.2, 0.25) is 0 Å². The third-order valence-electron chi connectivity index (χ3n) is 4.61. The van der Waals surface area contributed by atoms with E-state index >= 15 is 0 Å². The van der Waals surface area contributed by atoms with Crippen LogP contribution in [0.25, 0.3) is 0 Å². The summed E-state index contributed by atoms with van der Waals surface area (Å²) >= 11 is 0. The average Bonchev–Trinajstić information content (AvgIpc) is 2.34. The fourth-order valence-corrected chi connectivity index (χ4v) is 3.41. The van der Waals surface area contributed by atoms with Gasteiger partial charge in [0.1, 0.15) is 0 Å². The van der Waals surface area contributed by atoms with Crippen LogP contribution in [-0.4, -0.2) is 37.6 Å². The zero-order valence-electron chi connectivity index (χ0n) is 11.6. The lowest BCUT2D eigenvalue weighted by Gasteiger charge is -2.44. The van der Waals surface area contributed by atoms with E-state index in [0.717, 1.165) is 0 Å². The minimum Gasteiger partial charge on any atom is -0.317 e. The van der Waals surface area contributed by atoms with E-state index in [1.165, 1.54) is 64.8 Å². The zero-order chi connectivity index (χ0) is 12.1. The van der Waals surface area contributed by atoms with E-state index in [0.29, 0.717) is 5.41 Å². The van der Waals surface area contributed by atoms with Crippen LogP contribution in [0.4, 0.5) is 0 Å². The lowest BCUT2D eigenvalue weighted by Crippen LogP contribution is -2.45. The Morgan fingerprint density at radius 1 is 1.18 bits per heavy atom. The Balaban J connectivity index is 1.79. The molecule has 98 valence electrons. The molecular formula is C15H28N2. The predicted molar refractivity (Wildman–Crippen MR) is 74.3 cm³/mol. The molecule has 0 unspecified atom stereocenters. The van der Waals surface area contributed by atoms with Gasteiger partial charge in [-0.2, -0.15) is 0 Å². The molecule has 0 aliphatic carbocycles. The third kappa shape index (κ3) is 3.56. The summed E-state index contributed by atoms with van der Waals surface area (Å²) in [6.45, 7) is 10.8. The number of likely N-dealkylation sites (tertiary alicyclic amines) is 1. The average molecular weight is 236 g/mol. The van der Waals surface area contributed by atoms with Gasteiger partial charge in [0.25, 0.3) is 0 Å². The predicted octanol–water partition coefficient (Wildman–Crippen LogP) is 2.81. The molecule has 0 saturated carbocycles. The van der Waals surface area contributed by atoms with Gasteiger partial charge in [0.2, 0.25) is 0 Å². The fraction of sp³-hybridized carbons (Fsp3) is 0.867. The highest BCUT2D eigenvalue weighted by atomic mass is 15.1. The minimum absolute atomic E-state index is 0.699. The largest absolute Gasteiger partial charge is 0.317 e. The van der Waals surface area contributed by atoms with Crippen molar-refractivity contribution in [2.24, 2.45) is 5.41 Å². The Labute approximate surface area is 106 Å². The molecule has 0 amide bonds. The maximum Gasteiger partial charge on any atom is 0.0190 e. The molecule has 0 aromatic heterocycles. The van der Waals surface area contributed by atoms with Gasteiger partial charge in [0, 0.05) is 6.54 Å². The Kier molecular flexibility index (Phi) is 4.63. The van der Waals surface area contributed by atoms with Gasteiger partial charge in [-0.15, -0.1) is 0 Å². The quantitative estimate of drug-likeness (QED) is 0.758. The molecule has 2 aliphatic rings. The second-order valence-corrected chi connectivity index (χ2v) is 5.98. The van der Waals surface area contributed by atoms with E-state index in [4.69, 9.17) is 0 Å². The molecule has 0 aromatic carbocycles. The first-order valence-electron chi connectivity index (χ1n) is 7.33. The summed E-state index contributed by atoms with van der Waals surface area (Å²) in [5, 5.41) is 3.49. The lowest BCUT2D eigenvalue weighted by atomic mass is 9.71. The van der Waals surface area contributed by atoms with Crippen molar-refractivity contribution in [3.8, 4) is 0 Å². The fourth-order valence-electron chi connectivity index (χ4n) is 3.41. The molecular weight excluding hydrogens is 208 g/mol. The summed E-state index contributed by atoms with van der Waals surface area (Å²) in [7, 11) is 0. The van der Waals surface area contributed by atoms with E-state index in [-0.39, 0.29) is 0 Å². The standard InChI is InChI=1S/C15H28N2/c1-3-4-14(2)13-17-11-7-15(8-12-17)5-9-16-10-6-15/h4,16H,3,5-13H2,1-2H3. The maximum absolute atomic E-state index is 3.49. The van der Waals surface area contributed by atoms with Crippen LogP contribution >= 0.6 is 0 Å². The number of allylic oxidation sites excluding steroid dienone is 1. The number of hydrogen-bond acceptors (Lipinski definition) is 2. The number of rotatable bonds is 3. The summed E-state index contributed by atoms with van der Waals surface area (Å²) in [6.07, 6.45) is 9.21. The first-order chi connectivity index (χ1) is 8.24. The second kappa shape index (κ2) is 6.01. The Bertz CT molecular complexity index is 254. The van der Waals surface area contributed by atoms with E-state index in [2.05, 4.69) is 30.1 Å². The van der Waals surface area contributed by atoms with Crippen LogP contribution < -0.4 is 5.32 Å². The van der Waals surface area contributed by atoms with Gasteiger partial charge >= 0.3 is 0 Å². The van der Waals surface area contributed by atoms with Crippen LogP contribution in [0.1, 0.15) is 46.0 Å². The smallest absolute Gasteiger partial charge is 0.0190 e. The molecule has 0 bridgehead atoms. The van der Waals surface area contributed by atoms with Crippen molar-refractivity contribution in [3.63, 3.8) is 0 Å². The summed E-state index contributed by atoms with van der Waals surface area (Å²) in [4.78, 5) is 2.65. The van der Waals surface area contributed by atoms with Crippen molar-refractivity contribution in [1.29, 1.82) is 0 Å². The maximum atomic E-state index is 3.49. The second-order valence-electron chi connectivity index (χ2n) is 5.98. The number of hydrogen-bond donors (Lipinski definition) is 1. The number of piperidine rings is 2. The van der Waals surface area contributed by atoms with E-state index in [1.807, 2.05) is 0 Å². The zero-order valence-corrected chi connectivity index (χ0v) is 11.6. The summed E-state index contributed by atoms with van der Waals surface area (Å²) in [5.74, 6) is 0. The molecule has 1 spiro atoms. The molecule has 2 rings (SSSR count). The van der Waals surface area contributed by atoms with Gasteiger partial charge in [-0.05, 0) is 70.6 Å². The highest BCUT2D eigenvalue weighted by Crippen LogP contribution is 2.39. The molecule has 2 aliphatic heterocycles. The highest BCUT2D eigenvalue weighted by Gasteiger charge is 2.35. The third-order valence-corrected chi connectivity index (χ3v) is 4.61. The van der Waals surface area contributed by atoms with Gasteiger partial charge in [-0.1, -0.05) is 18.6 Å². The molecule has 2 nitrogen and oxygen atoms in total. The molecule has 2 saturated heterocycles. The summed E-state index contributed by atoms with van der Waals surface area (Å²) in [5.41, 5.74) is 2.25. The molecule has 0 atom stereocenters. The van der Waals surface area contributed by atoms with Crippen LogP contribution in [0.3, 0.4) is 0 Å². The Hall–Kier alpha value is -0.340. The molecule has 0 radical (unpaired) electrons. The molecule has 0 aromatic rings. The van der Waals surface area contributed by atoms with Crippen LogP contribution in [0, 0.1) is 5.41 Å². The normalized spacial score (nSPS) is 26.4. The topological polar surface area (TPSA) is 15.3 Å². The monoisotopic (exact) mass is 236 g/mol. The molecule has 2 fully saturated rings. The number of nitrogens with one attached hydrogen (secondary N) is 1. The molecule has 2 heteroatoms. The Morgan fingerprint density at radius 3 is 2.41 bits per heavy atom. The van der Waals surface area contributed by atoms with Gasteiger partial charge in [0.05, 0.1) is 0 Å². The van der Waals surface area contributed by atoms with Crippen molar-refractivity contribution in [2.75, 3.05) is 32.7 Å². The summed E-state index contributed by atoms with van der Waals surface area (Å²) in [6, 6.07) is 0. The first kappa shape index (κ1) is 13.1. The molecule has 2 heterocycles. The number of nitrogens with zero attached hydrogens (tertiary/aromatic N) is 1. The first-order valence-corrected chi connectivity index (χ1v) is 7.33. The van der Waals surface area contributed by atoms with Crippen molar-refractivity contribution in [1.82, 2.24) is 10.2 Å². The SMILES string of the molecule is CCC=C(C)CN1CCC2(CCNCC2)CC1. The Morgan fingerprint density at radius 2 is 1.82 bits per heavy atom. The van der Waals surface area contributed by atoms with Crippen molar-refractivity contribution < 1.29 is 0 Å². The highest BCUT2D eigenvalue weighted by molar-refractivity contribution is 5.01. The van der Waals surface area contributed by atoms with E-state index in [1.54, 1.807) is 5.57 Å². The lowest BCUT2D eigenvalue weighted by molar-refractivity contribution is 0.0789. The summed E-state index contributed by atoms with van der Waals surface area (Å²) < 4.78 is 0. The van der Waals surface area contributed by atoms with Crippen LogP contribution in [0.15, 0.2) is 11.6 Å². The van der Waals surface area contributed by atoms with Crippen molar-refractivity contribution >= 4 is 0 Å². The molecule has 1 N–H and O–H groups in total. The minimum atomic E-state index is 0.699. The van der Waals surface area contributed by atoms with Gasteiger partial charge < -0.3 is 5.32 Å². The van der Waals surface area contributed by atoms with E-state index in [9.17, 15) is 0 Å². The van der Waals surface area contributed by atoms with Crippen LogP contribution in [-0.2, 0) is 0 Å². The van der Waals surface area contributed by atoms with Gasteiger partial charge in [0.15, 0.2) is 0 Å². The van der Waals surface area contributed by atoms with Crippen molar-refractivity contribution in [2.45, 2.75) is 46.0 Å². The van der Waals surface area contributed by atoms with Gasteiger partial charge in [-0.25, -0.2) is 0 Å².